The third-order valence-electron chi connectivity index (χ3n) is 2.77. The van der Waals surface area contributed by atoms with E-state index in [4.69, 9.17) is 9.84 Å². The van der Waals surface area contributed by atoms with E-state index in [0.29, 0.717) is 10.0 Å². The van der Waals surface area contributed by atoms with Crippen molar-refractivity contribution in [3.05, 3.63) is 63.4 Å². The highest BCUT2D eigenvalue weighted by atomic mass is 79.9. The van der Waals surface area contributed by atoms with E-state index in [9.17, 15) is 9.18 Å². The molecule has 2 rings (SSSR count). The van der Waals surface area contributed by atoms with Crippen LogP contribution in [-0.4, -0.2) is 11.1 Å². The van der Waals surface area contributed by atoms with Gasteiger partial charge in [-0.2, -0.15) is 0 Å². The lowest BCUT2D eigenvalue weighted by Crippen LogP contribution is -2.04. The summed E-state index contributed by atoms with van der Waals surface area (Å²) in [7, 11) is 0. The average molecular weight is 339 g/mol. The molecule has 0 radical (unpaired) electrons. The molecule has 0 unspecified atom stereocenters. The zero-order valence-electron chi connectivity index (χ0n) is 10.7. The number of carbonyl (C=O) groups is 1. The van der Waals surface area contributed by atoms with E-state index in [1.165, 1.54) is 12.1 Å². The molecule has 0 saturated heterocycles. The van der Waals surface area contributed by atoms with E-state index in [1.807, 2.05) is 6.92 Å². The number of aryl methyl sites for hydroxylation is 1. The van der Waals surface area contributed by atoms with Crippen LogP contribution in [0, 0.1) is 12.7 Å². The van der Waals surface area contributed by atoms with Gasteiger partial charge in [0.2, 0.25) is 0 Å². The highest BCUT2D eigenvalue weighted by Gasteiger charge is 2.12. The molecule has 0 aliphatic heterocycles. The van der Waals surface area contributed by atoms with Crippen LogP contribution < -0.4 is 4.74 Å². The van der Waals surface area contributed by atoms with Crippen LogP contribution in [0.2, 0.25) is 0 Å². The fraction of sp³-hybridized carbons (Fsp3) is 0.133. The lowest BCUT2D eigenvalue weighted by Gasteiger charge is -2.10. The van der Waals surface area contributed by atoms with Gasteiger partial charge in [0.1, 0.15) is 23.7 Å². The topological polar surface area (TPSA) is 46.5 Å². The standard InChI is InChI=1S/C15H12BrFO3/c1-9-2-5-12(15(18)19)14(6-9)20-8-10-3-4-11(16)7-13(10)17/h2-7H,8H2,1H3,(H,18,19). The van der Waals surface area contributed by atoms with E-state index >= 15 is 0 Å². The molecule has 3 nitrogen and oxygen atoms in total. The van der Waals surface area contributed by atoms with Crippen LogP contribution in [0.25, 0.3) is 0 Å². The van der Waals surface area contributed by atoms with Crippen LogP contribution >= 0.6 is 15.9 Å². The van der Waals surface area contributed by atoms with Gasteiger partial charge in [0.15, 0.2) is 0 Å². The van der Waals surface area contributed by atoms with Gasteiger partial charge in [-0.05, 0) is 36.8 Å². The lowest BCUT2D eigenvalue weighted by molar-refractivity contribution is 0.0691. The number of hydrogen-bond acceptors (Lipinski definition) is 2. The van der Waals surface area contributed by atoms with Gasteiger partial charge < -0.3 is 9.84 Å². The van der Waals surface area contributed by atoms with Crippen molar-refractivity contribution in [3.63, 3.8) is 0 Å². The van der Waals surface area contributed by atoms with Crippen LogP contribution in [0.1, 0.15) is 21.5 Å². The Bertz CT molecular complexity index is 656. The van der Waals surface area contributed by atoms with Crippen LogP contribution in [0.3, 0.4) is 0 Å². The molecule has 0 saturated carbocycles. The summed E-state index contributed by atoms with van der Waals surface area (Å²) < 4.78 is 19.8. The van der Waals surface area contributed by atoms with Crippen LogP contribution in [-0.2, 0) is 6.61 Å². The minimum absolute atomic E-state index is 0.0250. The molecule has 2 aromatic rings. The van der Waals surface area contributed by atoms with E-state index in [-0.39, 0.29) is 17.9 Å². The largest absolute Gasteiger partial charge is 0.488 e. The number of carboxylic acid groups (broad SMARTS) is 1. The Kier molecular flexibility index (Phi) is 4.39. The lowest BCUT2D eigenvalue weighted by atomic mass is 10.1. The van der Waals surface area contributed by atoms with E-state index in [1.54, 1.807) is 24.3 Å². The van der Waals surface area contributed by atoms with Gasteiger partial charge >= 0.3 is 5.97 Å². The van der Waals surface area contributed by atoms with E-state index < -0.39 is 11.8 Å². The summed E-state index contributed by atoms with van der Waals surface area (Å²) in [4.78, 5) is 11.1. The van der Waals surface area contributed by atoms with Crippen LogP contribution in [0.4, 0.5) is 4.39 Å². The van der Waals surface area contributed by atoms with Gasteiger partial charge in [0.05, 0.1) is 0 Å². The van der Waals surface area contributed by atoms with Gasteiger partial charge in [-0.3, -0.25) is 0 Å². The van der Waals surface area contributed by atoms with Gasteiger partial charge in [-0.15, -0.1) is 0 Å². The molecular formula is C15H12BrFO3. The Morgan fingerprint density at radius 1 is 1.30 bits per heavy atom. The summed E-state index contributed by atoms with van der Waals surface area (Å²) in [5, 5.41) is 9.08. The predicted molar refractivity (Wildman–Crippen MR) is 76.6 cm³/mol. The van der Waals surface area contributed by atoms with Crippen molar-refractivity contribution >= 4 is 21.9 Å². The first-order valence-electron chi connectivity index (χ1n) is 5.88. The molecular weight excluding hydrogens is 327 g/mol. The van der Waals surface area contributed by atoms with Crippen molar-refractivity contribution in [1.29, 1.82) is 0 Å². The molecule has 1 N–H and O–H groups in total. The molecule has 0 fully saturated rings. The van der Waals surface area contributed by atoms with Crippen molar-refractivity contribution in [2.45, 2.75) is 13.5 Å². The van der Waals surface area contributed by atoms with E-state index in [0.717, 1.165) is 5.56 Å². The number of benzene rings is 2. The maximum atomic E-state index is 13.7. The summed E-state index contributed by atoms with van der Waals surface area (Å²) in [6.45, 7) is 1.81. The maximum absolute atomic E-state index is 13.7. The second kappa shape index (κ2) is 6.05. The number of halogens is 2. The van der Waals surface area contributed by atoms with Crippen molar-refractivity contribution in [2.24, 2.45) is 0 Å². The summed E-state index contributed by atoms with van der Waals surface area (Å²) in [6, 6.07) is 9.43. The molecule has 0 spiro atoms. The Morgan fingerprint density at radius 3 is 2.70 bits per heavy atom. The molecule has 2 aromatic carbocycles. The quantitative estimate of drug-likeness (QED) is 0.909. The van der Waals surface area contributed by atoms with Crippen LogP contribution in [0.15, 0.2) is 40.9 Å². The molecule has 0 aliphatic carbocycles. The summed E-state index contributed by atoms with van der Waals surface area (Å²) in [5.74, 6) is -1.24. The van der Waals surface area contributed by atoms with Gasteiger partial charge in [0, 0.05) is 10.0 Å². The highest BCUT2D eigenvalue weighted by Crippen LogP contribution is 2.23. The van der Waals surface area contributed by atoms with Crippen LogP contribution in [0.5, 0.6) is 5.75 Å². The molecule has 0 heterocycles. The monoisotopic (exact) mass is 338 g/mol. The normalized spacial score (nSPS) is 10.3. The Labute approximate surface area is 124 Å². The average Bonchev–Trinajstić information content (AvgIpc) is 2.37. The molecule has 5 heteroatoms. The molecule has 0 amide bonds. The van der Waals surface area contributed by atoms with Crippen molar-refractivity contribution in [1.82, 2.24) is 0 Å². The minimum atomic E-state index is -1.07. The van der Waals surface area contributed by atoms with Gasteiger partial charge in [-0.25, -0.2) is 9.18 Å². The Balaban J connectivity index is 2.22. The van der Waals surface area contributed by atoms with Crippen molar-refractivity contribution < 1.29 is 19.0 Å². The first kappa shape index (κ1) is 14.5. The Hall–Kier alpha value is -1.88. The van der Waals surface area contributed by atoms with Gasteiger partial charge in [0.25, 0.3) is 0 Å². The third-order valence-corrected chi connectivity index (χ3v) is 3.26. The van der Waals surface area contributed by atoms with Crippen molar-refractivity contribution in [2.75, 3.05) is 0 Å². The second-order valence-corrected chi connectivity index (χ2v) is 5.24. The minimum Gasteiger partial charge on any atom is -0.488 e. The zero-order valence-corrected chi connectivity index (χ0v) is 12.3. The summed E-state index contributed by atoms with van der Waals surface area (Å²) in [6.07, 6.45) is 0. The first-order chi connectivity index (χ1) is 9.47. The smallest absolute Gasteiger partial charge is 0.339 e. The molecule has 0 aromatic heterocycles. The zero-order chi connectivity index (χ0) is 14.7. The predicted octanol–water partition coefficient (Wildman–Crippen LogP) is 4.17. The number of ether oxygens (including phenoxy) is 1. The number of hydrogen-bond donors (Lipinski definition) is 1. The van der Waals surface area contributed by atoms with Crippen molar-refractivity contribution in [3.8, 4) is 5.75 Å². The third kappa shape index (κ3) is 3.36. The van der Waals surface area contributed by atoms with Gasteiger partial charge in [-0.1, -0.05) is 28.1 Å². The number of rotatable bonds is 4. The SMILES string of the molecule is Cc1ccc(C(=O)O)c(OCc2ccc(Br)cc2F)c1. The first-order valence-corrected chi connectivity index (χ1v) is 6.67. The van der Waals surface area contributed by atoms with E-state index in [2.05, 4.69) is 15.9 Å². The fourth-order valence-corrected chi connectivity index (χ4v) is 2.05. The molecule has 0 aliphatic rings. The second-order valence-electron chi connectivity index (χ2n) is 4.33. The number of carboxylic acids is 1. The maximum Gasteiger partial charge on any atom is 0.339 e. The molecule has 20 heavy (non-hydrogen) atoms. The number of aromatic carboxylic acids is 1. The highest BCUT2D eigenvalue weighted by molar-refractivity contribution is 9.10. The summed E-state index contributed by atoms with van der Waals surface area (Å²) in [5.41, 5.74) is 1.31. The molecule has 0 bridgehead atoms. The molecule has 104 valence electrons. The molecule has 0 atom stereocenters. The summed E-state index contributed by atoms with van der Waals surface area (Å²) >= 11 is 3.17. The Morgan fingerprint density at radius 2 is 2.05 bits per heavy atom. The fourth-order valence-electron chi connectivity index (χ4n) is 1.72.